The Bertz CT molecular complexity index is 360. The molecule has 0 saturated carbocycles. The number of fused-ring (bicyclic) bond motifs is 1. The van der Waals surface area contributed by atoms with Gasteiger partial charge in [-0.3, -0.25) is 10.3 Å². The monoisotopic (exact) mass is 203 g/mol. The Morgan fingerprint density at radius 1 is 1.33 bits per heavy atom. The summed E-state index contributed by atoms with van der Waals surface area (Å²) in [5, 5.41) is 7.32. The summed E-state index contributed by atoms with van der Waals surface area (Å²) in [5.41, 5.74) is 8.27. The summed E-state index contributed by atoms with van der Waals surface area (Å²) in [7, 11) is 0. The van der Waals surface area contributed by atoms with Gasteiger partial charge in [-0.15, -0.1) is 0 Å². The molecule has 0 amide bonds. The first kappa shape index (κ1) is 10.2. The summed E-state index contributed by atoms with van der Waals surface area (Å²) in [6.45, 7) is 2.55. The van der Waals surface area contributed by atoms with Crippen molar-refractivity contribution in [3.05, 3.63) is 35.4 Å². The molecule has 1 aromatic carbocycles. The van der Waals surface area contributed by atoms with E-state index in [1.807, 2.05) is 0 Å². The predicted octanol–water partition coefficient (Wildman–Crippen LogP) is 1.37. The first-order chi connectivity index (χ1) is 7.25. The largest absolute Gasteiger partial charge is 0.387 e. The second kappa shape index (κ2) is 4.45. The van der Waals surface area contributed by atoms with Crippen LogP contribution in [-0.4, -0.2) is 23.8 Å². The SMILES string of the molecule is N=C(N)CN1CCCc2ccccc2C1. The summed E-state index contributed by atoms with van der Waals surface area (Å²) in [4.78, 5) is 2.24. The summed E-state index contributed by atoms with van der Waals surface area (Å²) in [5.74, 6) is 0.259. The van der Waals surface area contributed by atoms with Crippen molar-refractivity contribution in [1.82, 2.24) is 4.90 Å². The van der Waals surface area contributed by atoms with E-state index < -0.39 is 0 Å². The van der Waals surface area contributed by atoms with Gasteiger partial charge in [0.2, 0.25) is 0 Å². The van der Waals surface area contributed by atoms with Crippen LogP contribution < -0.4 is 5.73 Å². The molecule has 0 saturated heterocycles. The predicted molar refractivity (Wildman–Crippen MR) is 62.0 cm³/mol. The lowest BCUT2D eigenvalue weighted by Gasteiger charge is -2.19. The number of nitrogens with one attached hydrogen (secondary N) is 1. The van der Waals surface area contributed by atoms with E-state index in [0.717, 1.165) is 25.9 Å². The van der Waals surface area contributed by atoms with Gasteiger partial charge in [-0.2, -0.15) is 0 Å². The van der Waals surface area contributed by atoms with Crippen molar-refractivity contribution in [2.75, 3.05) is 13.1 Å². The third kappa shape index (κ3) is 2.57. The minimum Gasteiger partial charge on any atom is -0.387 e. The minimum atomic E-state index is 0.259. The standard InChI is InChI=1S/C12H17N3/c13-12(14)9-15-7-3-6-10-4-1-2-5-11(10)8-15/h1-2,4-5H,3,6-9H2,(H3,13,14). The summed E-state index contributed by atoms with van der Waals surface area (Å²) < 4.78 is 0. The molecule has 0 spiro atoms. The molecule has 2 rings (SSSR count). The maximum Gasteiger partial charge on any atom is 0.105 e. The van der Waals surface area contributed by atoms with Crippen LogP contribution in [0.2, 0.25) is 0 Å². The molecular formula is C12H17N3. The average Bonchev–Trinajstić information content (AvgIpc) is 2.38. The van der Waals surface area contributed by atoms with Gasteiger partial charge in [0, 0.05) is 6.54 Å². The number of hydrogen-bond donors (Lipinski definition) is 2. The Morgan fingerprint density at radius 2 is 2.07 bits per heavy atom. The lowest BCUT2D eigenvalue weighted by molar-refractivity contribution is 0.307. The van der Waals surface area contributed by atoms with Crippen molar-refractivity contribution in [3.8, 4) is 0 Å². The van der Waals surface area contributed by atoms with Crippen LogP contribution in [0.25, 0.3) is 0 Å². The van der Waals surface area contributed by atoms with Crippen molar-refractivity contribution < 1.29 is 0 Å². The van der Waals surface area contributed by atoms with Crippen LogP contribution in [0.15, 0.2) is 24.3 Å². The minimum absolute atomic E-state index is 0.259. The second-order valence-corrected chi connectivity index (χ2v) is 4.11. The second-order valence-electron chi connectivity index (χ2n) is 4.11. The van der Waals surface area contributed by atoms with Gasteiger partial charge in [-0.05, 0) is 30.5 Å². The molecule has 3 heteroatoms. The maximum absolute atomic E-state index is 7.32. The van der Waals surface area contributed by atoms with Gasteiger partial charge in [0.15, 0.2) is 0 Å². The fourth-order valence-electron chi connectivity index (χ4n) is 2.14. The zero-order chi connectivity index (χ0) is 10.7. The number of nitrogens with two attached hydrogens (primary N) is 1. The molecule has 0 unspecified atom stereocenters. The van der Waals surface area contributed by atoms with Gasteiger partial charge in [0.05, 0.1) is 6.54 Å². The molecule has 1 aliphatic rings. The molecular weight excluding hydrogens is 186 g/mol. The highest BCUT2D eigenvalue weighted by molar-refractivity contribution is 5.78. The topological polar surface area (TPSA) is 53.1 Å². The third-order valence-electron chi connectivity index (χ3n) is 2.83. The van der Waals surface area contributed by atoms with Gasteiger partial charge in [0.1, 0.15) is 5.84 Å². The van der Waals surface area contributed by atoms with E-state index in [9.17, 15) is 0 Å². The van der Waals surface area contributed by atoms with Crippen molar-refractivity contribution in [2.45, 2.75) is 19.4 Å². The van der Waals surface area contributed by atoms with Gasteiger partial charge >= 0.3 is 0 Å². The molecule has 80 valence electrons. The molecule has 15 heavy (non-hydrogen) atoms. The van der Waals surface area contributed by atoms with Gasteiger partial charge in [-0.1, -0.05) is 24.3 Å². The summed E-state index contributed by atoms with van der Waals surface area (Å²) in [6.07, 6.45) is 2.30. The molecule has 0 bridgehead atoms. The zero-order valence-electron chi connectivity index (χ0n) is 8.87. The fraction of sp³-hybridized carbons (Fsp3) is 0.417. The number of benzene rings is 1. The van der Waals surface area contributed by atoms with Gasteiger partial charge in [-0.25, -0.2) is 0 Å². The summed E-state index contributed by atoms with van der Waals surface area (Å²) >= 11 is 0. The van der Waals surface area contributed by atoms with Crippen LogP contribution in [0.1, 0.15) is 17.5 Å². The molecule has 3 N–H and O–H groups in total. The van der Waals surface area contributed by atoms with E-state index in [-0.39, 0.29) is 5.84 Å². The van der Waals surface area contributed by atoms with E-state index >= 15 is 0 Å². The first-order valence-electron chi connectivity index (χ1n) is 5.38. The van der Waals surface area contributed by atoms with Gasteiger partial charge < -0.3 is 5.73 Å². The van der Waals surface area contributed by atoms with Crippen LogP contribution in [-0.2, 0) is 13.0 Å². The lowest BCUT2D eigenvalue weighted by Crippen LogP contribution is -2.33. The van der Waals surface area contributed by atoms with Crippen LogP contribution in [0.3, 0.4) is 0 Å². The molecule has 0 radical (unpaired) electrons. The molecule has 0 aromatic heterocycles. The van der Waals surface area contributed by atoms with Crippen molar-refractivity contribution >= 4 is 5.84 Å². The van der Waals surface area contributed by atoms with E-state index in [2.05, 4.69) is 29.2 Å². The van der Waals surface area contributed by atoms with Crippen molar-refractivity contribution in [3.63, 3.8) is 0 Å². The molecule has 0 fully saturated rings. The van der Waals surface area contributed by atoms with Crippen molar-refractivity contribution in [2.24, 2.45) is 5.73 Å². The highest BCUT2D eigenvalue weighted by Gasteiger charge is 2.13. The van der Waals surface area contributed by atoms with E-state index in [1.54, 1.807) is 0 Å². The fourth-order valence-corrected chi connectivity index (χ4v) is 2.14. The highest BCUT2D eigenvalue weighted by Crippen LogP contribution is 2.17. The lowest BCUT2D eigenvalue weighted by atomic mass is 10.0. The van der Waals surface area contributed by atoms with Crippen LogP contribution in [0.4, 0.5) is 0 Å². The molecule has 1 aromatic rings. The number of rotatable bonds is 2. The number of aryl methyl sites for hydroxylation is 1. The molecule has 1 aliphatic heterocycles. The number of amidine groups is 1. The van der Waals surface area contributed by atoms with Crippen LogP contribution in [0, 0.1) is 5.41 Å². The molecule has 1 heterocycles. The quantitative estimate of drug-likeness (QED) is 0.563. The Morgan fingerprint density at radius 3 is 2.80 bits per heavy atom. The average molecular weight is 203 g/mol. The Hall–Kier alpha value is -1.35. The van der Waals surface area contributed by atoms with Crippen LogP contribution >= 0.6 is 0 Å². The van der Waals surface area contributed by atoms with E-state index in [4.69, 9.17) is 11.1 Å². The molecule has 3 nitrogen and oxygen atoms in total. The normalized spacial score (nSPS) is 16.8. The number of nitrogens with zero attached hydrogens (tertiary/aromatic N) is 1. The zero-order valence-corrected chi connectivity index (χ0v) is 8.87. The Kier molecular flexibility index (Phi) is 3.02. The maximum atomic E-state index is 7.32. The summed E-state index contributed by atoms with van der Waals surface area (Å²) in [6, 6.07) is 8.55. The van der Waals surface area contributed by atoms with Crippen LogP contribution in [0.5, 0.6) is 0 Å². The van der Waals surface area contributed by atoms with Gasteiger partial charge in [0.25, 0.3) is 0 Å². The Balaban J connectivity index is 2.13. The smallest absolute Gasteiger partial charge is 0.105 e. The number of hydrogen-bond acceptors (Lipinski definition) is 2. The highest BCUT2D eigenvalue weighted by atomic mass is 15.1. The van der Waals surface area contributed by atoms with Crippen molar-refractivity contribution in [1.29, 1.82) is 5.41 Å². The molecule has 0 atom stereocenters. The van der Waals surface area contributed by atoms with E-state index in [0.29, 0.717) is 6.54 Å². The first-order valence-corrected chi connectivity index (χ1v) is 5.38. The molecule has 0 aliphatic carbocycles. The third-order valence-corrected chi connectivity index (χ3v) is 2.83. The van der Waals surface area contributed by atoms with E-state index in [1.165, 1.54) is 11.1 Å². The Labute approximate surface area is 90.4 Å².